The Labute approximate surface area is 178 Å². The standard InChI is InChI=1S/C19H28N4O3.HI/c1-4-13-26-17-8-6-5-7-15(17)14-21-18(20-2)22-16-9-11-23(12-10-16)19(24)25-3;/h4-8,16H,1,9-14H2,2-3H3,(H2,20,21,22);1H. The summed E-state index contributed by atoms with van der Waals surface area (Å²) in [5.74, 6) is 1.57. The Morgan fingerprint density at radius 2 is 2.07 bits per heavy atom. The van der Waals surface area contributed by atoms with E-state index in [1.54, 1.807) is 18.0 Å². The molecule has 0 radical (unpaired) electrons. The SMILES string of the molecule is C=CCOc1ccccc1CNC(=NC)NC1CCN(C(=O)OC)CC1.I. The molecule has 150 valence electrons. The number of amides is 1. The van der Waals surface area contributed by atoms with Gasteiger partial charge in [-0.3, -0.25) is 4.99 Å². The van der Waals surface area contributed by atoms with E-state index in [2.05, 4.69) is 22.2 Å². The van der Waals surface area contributed by atoms with Crippen molar-refractivity contribution in [3.63, 3.8) is 0 Å². The quantitative estimate of drug-likeness (QED) is 0.279. The molecule has 0 bridgehead atoms. The second-order valence-corrected chi connectivity index (χ2v) is 6.01. The molecule has 8 heteroatoms. The van der Waals surface area contributed by atoms with Crippen LogP contribution in [-0.4, -0.2) is 56.8 Å². The number of piperidine rings is 1. The molecule has 1 aliphatic rings. The van der Waals surface area contributed by atoms with Crippen molar-refractivity contribution < 1.29 is 14.3 Å². The smallest absolute Gasteiger partial charge is 0.409 e. The highest BCUT2D eigenvalue weighted by Gasteiger charge is 2.23. The summed E-state index contributed by atoms with van der Waals surface area (Å²) in [7, 11) is 3.16. The number of halogens is 1. The molecule has 0 atom stereocenters. The number of nitrogens with one attached hydrogen (secondary N) is 2. The fourth-order valence-electron chi connectivity index (χ4n) is 2.84. The molecular weight excluding hydrogens is 459 g/mol. The van der Waals surface area contributed by atoms with E-state index in [-0.39, 0.29) is 36.1 Å². The van der Waals surface area contributed by atoms with Gasteiger partial charge in [-0.25, -0.2) is 4.79 Å². The number of para-hydroxylation sites is 1. The number of carbonyl (C=O) groups is 1. The first kappa shape index (κ1) is 23.1. The van der Waals surface area contributed by atoms with Gasteiger partial charge < -0.3 is 25.0 Å². The number of hydrogen-bond donors (Lipinski definition) is 2. The number of guanidine groups is 1. The van der Waals surface area contributed by atoms with Crippen LogP contribution in [0.5, 0.6) is 5.75 Å². The molecule has 1 amide bonds. The van der Waals surface area contributed by atoms with Crippen molar-refractivity contribution in [2.75, 3.05) is 33.9 Å². The van der Waals surface area contributed by atoms with Gasteiger partial charge in [0.25, 0.3) is 0 Å². The van der Waals surface area contributed by atoms with Gasteiger partial charge in [-0.05, 0) is 18.9 Å². The first-order valence-corrected chi connectivity index (χ1v) is 8.79. The van der Waals surface area contributed by atoms with Gasteiger partial charge in [-0.15, -0.1) is 24.0 Å². The number of nitrogens with zero attached hydrogens (tertiary/aromatic N) is 2. The maximum atomic E-state index is 11.5. The van der Waals surface area contributed by atoms with Gasteiger partial charge in [-0.2, -0.15) is 0 Å². The average molecular weight is 488 g/mol. The van der Waals surface area contributed by atoms with Gasteiger partial charge in [0, 0.05) is 38.3 Å². The monoisotopic (exact) mass is 488 g/mol. The maximum Gasteiger partial charge on any atom is 0.409 e. The van der Waals surface area contributed by atoms with Crippen LogP contribution in [0.15, 0.2) is 41.9 Å². The number of hydrogen-bond acceptors (Lipinski definition) is 4. The number of ether oxygens (including phenoxy) is 2. The molecule has 7 nitrogen and oxygen atoms in total. The number of benzene rings is 1. The molecule has 0 unspecified atom stereocenters. The molecule has 0 aromatic heterocycles. The highest BCUT2D eigenvalue weighted by molar-refractivity contribution is 14.0. The molecule has 0 spiro atoms. The Morgan fingerprint density at radius 3 is 2.70 bits per heavy atom. The first-order valence-electron chi connectivity index (χ1n) is 8.79. The lowest BCUT2D eigenvalue weighted by Gasteiger charge is -2.32. The van der Waals surface area contributed by atoms with E-state index in [0.29, 0.717) is 26.2 Å². The van der Waals surface area contributed by atoms with E-state index >= 15 is 0 Å². The molecule has 1 aromatic rings. The minimum absolute atomic E-state index is 0. The highest BCUT2D eigenvalue weighted by atomic mass is 127. The van der Waals surface area contributed by atoms with Crippen molar-refractivity contribution >= 4 is 36.0 Å². The zero-order chi connectivity index (χ0) is 18.8. The molecule has 1 saturated heterocycles. The molecule has 27 heavy (non-hydrogen) atoms. The van der Waals surface area contributed by atoms with Crippen LogP contribution < -0.4 is 15.4 Å². The van der Waals surface area contributed by atoms with Gasteiger partial charge in [0.05, 0.1) is 7.11 Å². The van der Waals surface area contributed by atoms with Crippen LogP contribution in [0.25, 0.3) is 0 Å². The Bertz CT molecular complexity index is 631. The fourth-order valence-corrected chi connectivity index (χ4v) is 2.84. The van der Waals surface area contributed by atoms with Crippen molar-refractivity contribution in [3.8, 4) is 5.75 Å². The van der Waals surface area contributed by atoms with E-state index in [1.807, 2.05) is 24.3 Å². The molecule has 0 saturated carbocycles. The molecule has 1 aliphatic heterocycles. The lowest BCUT2D eigenvalue weighted by atomic mass is 10.1. The highest BCUT2D eigenvalue weighted by Crippen LogP contribution is 2.17. The summed E-state index contributed by atoms with van der Waals surface area (Å²) in [6.45, 7) is 6.12. The second kappa shape index (κ2) is 12.4. The molecule has 1 aromatic carbocycles. The Balaban J connectivity index is 0.00000364. The summed E-state index contributed by atoms with van der Waals surface area (Å²) in [5.41, 5.74) is 1.05. The third-order valence-electron chi connectivity index (χ3n) is 4.27. The number of rotatable bonds is 6. The van der Waals surface area contributed by atoms with Crippen LogP contribution in [0.3, 0.4) is 0 Å². The van der Waals surface area contributed by atoms with Crippen LogP contribution in [0.1, 0.15) is 18.4 Å². The second-order valence-electron chi connectivity index (χ2n) is 6.01. The van der Waals surface area contributed by atoms with Gasteiger partial charge >= 0.3 is 6.09 Å². The van der Waals surface area contributed by atoms with Gasteiger partial charge in [0.2, 0.25) is 0 Å². The van der Waals surface area contributed by atoms with Gasteiger partial charge in [0.1, 0.15) is 12.4 Å². The van der Waals surface area contributed by atoms with Crippen molar-refractivity contribution in [1.82, 2.24) is 15.5 Å². The molecular formula is C19H29IN4O3. The largest absolute Gasteiger partial charge is 0.489 e. The first-order chi connectivity index (χ1) is 12.7. The lowest BCUT2D eigenvalue weighted by molar-refractivity contribution is 0.111. The Hall–Kier alpha value is -1.97. The van der Waals surface area contributed by atoms with E-state index in [0.717, 1.165) is 30.1 Å². The third-order valence-corrected chi connectivity index (χ3v) is 4.27. The normalized spacial score (nSPS) is 14.7. The van der Waals surface area contributed by atoms with Crippen molar-refractivity contribution in [3.05, 3.63) is 42.5 Å². The molecule has 2 N–H and O–H groups in total. The zero-order valence-corrected chi connectivity index (χ0v) is 18.3. The predicted molar refractivity (Wildman–Crippen MR) is 118 cm³/mol. The number of carbonyl (C=O) groups excluding carboxylic acids is 1. The van der Waals surface area contributed by atoms with E-state index < -0.39 is 0 Å². The zero-order valence-electron chi connectivity index (χ0n) is 15.9. The van der Waals surface area contributed by atoms with Crippen LogP contribution in [0.4, 0.5) is 4.79 Å². The van der Waals surface area contributed by atoms with Crippen LogP contribution in [-0.2, 0) is 11.3 Å². The Kier molecular flexibility index (Phi) is 10.6. The fraction of sp³-hybridized carbons (Fsp3) is 0.474. The molecule has 2 rings (SSSR count). The minimum atomic E-state index is -0.262. The van der Waals surface area contributed by atoms with Gasteiger partial charge in [0.15, 0.2) is 5.96 Å². The predicted octanol–water partition coefficient (Wildman–Crippen LogP) is 2.77. The maximum absolute atomic E-state index is 11.5. The summed E-state index contributed by atoms with van der Waals surface area (Å²) in [5, 5.41) is 6.74. The third kappa shape index (κ3) is 7.28. The van der Waals surface area contributed by atoms with Crippen molar-refractivity contribution in [2.45, 2.75) is 25.4 Å². The van der Waals surface area contributed by atoms with E-state index in [1.165, 1.54) is 7.11 Å². The van der Waals surface area contributed by atoms with Crippen LogP contribution in [0, 0.1) is 0 Å². The summed E-state index contributed by atoms with van der Waals surface area (Å²) in [6.07, 6.45) is 3.18. The summed E-state index contributed by atoms with van der Waals surface area (Å²) in [6, 6.07) is 8.17. The van der Waals surface area contributed by atoms with Crippen molar-refractivity contribution in [2.24, 2.45) is 4.99 Å². The topological polar surface area (TPSA) is 75.2 Å². The number of likely N-dealkylation sites (tertiary alicyclic amines) is 1. The average Bonchev–Trinajstić information content (AvgIpc) is 2.70. The van der Waals surface area contributed by atoms with Crippen LogP contribution in [0.2, 0.25) is 0 Å². The summed E-state index contributed by atoms with van der Waals surface area (Å²) >= 11 is 0. The summed E-state index contributed by atoms with van der Waals surface area (Å²) in [4.78, 5) is 17.6. The van der Waals surface area contributed by atoms with E-state index in [9.17, 15) is 4.79 Å². The van der Waals surface area contributed by atoms with Crippen LogP contribution >= 0.6 is 24.0 Å². The number of methoxy groups -OCH3 is 1. The minimum Gasteiger partial charge on any atom is -0.489 e. The number of aliphatic imine (C=N–C) groups is 1. The molecule has 1 heterocycles. The Morgan fingerprint density at radius 1 is 1.37 bits per heavy atom. The summed E-state index contributed by atoms with van der Waals surface area (Å²) < 4.78 is 10.4. The van der Waals surface area contributed by atoms with E-state index in [4.69, 9.17) is 9.47 Å². The van der Waals surface area contributed by atoms with Crippen molar-refractivity contribution in [1.29, 1.82) is 0 Å². The molecule has 0 aliphatic carbocycles. The molecule has 1 fully saturated rings. The van der Waals surface area contributed by atoms with Gasteiger partial charge in [-0.1, -0.05) is 30.9 Å². The lowest BCUT2D eigenvalue weighted by Crippen LogP contribution is -2.49.